The van der Waals surface area contributed by atoms with Gasteiger partial charge in [-0.2, -0.15) is 0 Å². The van der Waals surface area contributed by atoms with Crippen molar-refractivity contribution in [2.24, 2.45) is 0 Å². The molecule has 0 aliphatic rings. The lowest BCUT2D eigenvalue weighted by Crippen LogP contribution is -2.47. The maximum Gasteiger partial charge on any atom is 0.248 e. The molecule has 5 nitrogen and oxygen atoms in total. The molecule has 2 rings (SSSR count). The van der Waals surface area contributed by atoms with E-state index in [0.717, 1.165) is 17.4 Å². The Bertz CT molecular complexity index is 828. The average molecular weight is 360 g/mol. The summed E-state index contributed by atoms with van der Waals surface area (Å²) in [7, 11) is -3.61. The summed E-state index contributed by atoms with van der Waals surface area (Å²) in [5, 5.41) is 2.81. The van der Waals surface area contributed by atoms with E-state index in [2.05, 4.69) is 5.32 Å². The van der Waals surface area contributed by atoms with Crippen molar-refractivity contribution in [2.75, 3.05) is 15.9 Å². The monoisotopic (exact) mass is 360 g/mol. The minimum atomic E-state index is -3.61. The molecule has 0 aliphatic carbocycles. The molecule has 0 aliphatic heterocycles. The maximum atomic E-state index is 12.7. The first-order valence-corrected chi connectivity index (χ1v) is 10.0. The van der Waals surface area contributed by atoms with Crippen molar-refractivity contribution in [1.29, 1.82) is 0 Å². The number of nitrogens with zero attached hydrogens (tertiary/aromatic N) is 1. The van der Waals surface area contributed by atoms with Crippen LogP contribution in [-0.2, 0) is 14.8 Å². The highest BCUT2D eigenvalue weighted by Crippen LogP contribution is 2.23. The summed E-state index contributed by atoms with van der Waals surface area (Å²) in [6.07, 6.45) is 1.48. The van der Waals surface area contributed by atoms with Gasteiger partial charge in [0.1, 0.15) is 6.04 Å². The second-order valence-electron chi connectivity index (χ2n) is 6.17. The smallest absolute Gasteiger partial charge is 0.248 e. The Kier molecular flexibility index (Phi) is 5.85. The molecule has 0 radical (unpaired) electrons. The molecule has 0 spiro atoms. The molecule has 0 heterocycles. The molecule has 0 saturated heterocycles. The zero-order valence-electron chi connectivity index (χ0n) is 15.0. The van der Waals surface area contributed by atoms with Gasteiger partial charge in [-0.3, -0.25) is 9.10 Å². The van der Waals surface area contributed by atoms with Crippen molar-refractivity contribution in [3.05, 3.63) is 59.7 Å². The number of anilines is 2. The molecule has 2 aromatic carbocycles. The van der Waals surface area contributed by atoms with Gasteiger partial charge in [0.2, 0.25) is 15.9 Å². The number of sulfonamides is 1. The second kappa shape index (κ2) is 7.70. The third-order valence-corrected chi connectivity index (χ3v) is 5.12. The number of carbonyl (C=O) groups excluding carboxylic acids is 1. The normalized spacial score (nSPS) is 12.5. The number of aryl methyl sites for hydroxylation is 2. The summed E-state index contributed by atoms with van der Waals surface area (Å²) in [5.74, 6) is -0.350. The fraction of sp³-hybridized carbons (Fsp3) is 0.316. The molecular weight excluding hydrogens is 336 g/mol. The molecular formula is C19H24N2O3S. The Balaban J connectivity index is 2.34. The quantitative estimate of drug-likeness (QED) is 0.857. The molecule has 2 aromatic rings. The number of rotatable bonds is 6. The number of hydrogen-bond acceptors (Lipinski definition) is 3. The SMILES string of the molecule is CC[C@H](C(=O)Nc1ccc(C)cc1)N(c1ccc(C)cc1)S(C)(=O)=O. The van der Waals surface area contributed by atoms with Crippen LogP contribution in [0, 0.1) is 13.8 Å². The van der Waals surface area contributed by atoms with Crippen LogP contribution < -0.4 is 9.62 Å². The van der Waals surface area contributed by atoms with E-state index in [-0.39, 0.29) is 5.91 Å². The van der Waals surface area contributed by atoms with Crippen LogP contribution in [0.3, 0.4) is 0 Å². The van der Waals surface area contributed by atoms with Gasteiger partial charge in [0.15, 0.2) is 0 Å². The van der Waals surface area contributed by atoms with Gasteiger partial charge in [0, 0.05) is 5.69 Å². The fourth-order valence-corrected chi connectivity index (χ4v) is 3.83. The van der Waals surface area contributed by atoms with E-state index < -0.39 is 16.1 Å². The van der Waals surface area contributed by atoms with Crippen LogP contribution in [0.5, 0.6) is 0 Å². The third-order valence-electron chi connectivity index (χ3n) is 3.94. The lowest BCUT2D eigenvalue weighted by Gasteiger charge is -2.30. The van der Waals surface area contributed by atoms with Crippen LogP contribution in [-0.4, -0.2) is 26.6 Å². The van der Waals surface area contributed by atoms with Gasteiger partial charge in [-0.25, -0.2) is 8.42 Å². The van der Waals surface area contributed by atoms with E-state index >= 15 is 0 Å². The van der Waals surface area contributed by atoms with Gasteiger partial charge in [-0.1, -0.05) is 42.3 Å². The van der Waals surface area contributed by atoms with E-state index in [9.17, 15) is 13.2 Å². The molecule has 0 bridgehead atoms. The summed E-state index contributed by atoms with van der Waals surface area (Å²) in [6.45, 7) is 5.69. The standard InChI is InChI=1S/C19H24N2O3S/c1-5-18(19(22)20-16-10-6-14(2)7-11-16)21(25(4,23)24)17-12-8-15(3)9-13-17/h6-13,18H,5H2,1-4H3,(H,20,22)/t18-/m1/s1. The first-order valence-electron chi connectivity index (χ1n) is 8.16. The van der Waals surface area contributed by atoms with Gasteiger partial charge in [0.05, 0.1) is 11.9 Å². The lowest BCUT2D eigenvalue weighted by atomic mass is 10.1. The molecule has 1 N–H and O–H groups in total. The van der Waals surface area contributed by atoms with Crippen LogP contribution >= 0.6 is 0 Å². The highest BCUT2D eigenvalue weighted by Gasteiger charge is 2.31. The van der Waals surface area contributed by atoms with E-state index in [1.807, 2.05) is 38.1 Å². The van der Waals surface area contributed by atoms with E-state index in [1.165, 1.54) is 4.31 Å². The number of nitrogens with one attached hydrogen (secondary N) is 1. The zero-order valence-corrected chi connectivity index (χ0v) is 15.8. The first-order chi connectivity index (χ1) is 11.7. The molecule has 0 unspecified atom stereocenters. The summed E-state index contributed by atoms with van der Waals surface area (Å²) in [4.78, 5) is 12.7. The van der Waals surface area contributed by atoms with Crippen molar-refractivity contribution in [3.8, 4) is 0 Å². The molecule has 134 valence electrons. The van der Waals surface area contributed by atoms with Gasteiger partial charge in [-0.15, -0.1) is 0 Å². The largest absolute Gasteiger partial charge is 0.324 e. The third kappa shape index (κ3) is 4.82. The Labute approximate surface area is 149 Å². The van der Waals surface area contributed by atoms with E-state index in [0.29, 0.717) is 17.8 Å². The maximum absolute atomic E-state index is 12.7. The van der Waals surface area contributed by atoms with Gasteiger partial charge >= 0.3 is 0 Å². The van der Waals surface area contributed by atoms with Crippen LogP contribution in [0.2, 0.25) is 0 Å². The molecule has 0 aromatic heterocycles. The average Bonchev–Trinajstić information content (AvgIpc) is 2.54. The predicted molar refractivity (Wildman–Crippen MR) is 102 cm³/mol. The Morgan fingerprint density at radius 2 is 1.48 bits per heavy atom. The molecule has 1 amide bonds. The predicted octanol–water partition coefficient (Wildman–Crippen LogP) is 3.49. The lowest BCUT2D eigenvalue weighted by molar-refractivity contribution is -0.117. The van der Waals surface area contributed by atoms with Crippen molar-refractivity contribution >= 4 is 27.3 Å². The van der Waals surface area contributed by atoms with Gasteiger partial charge in [-0.05, 0) is 44.5 Å². The van der Waals surface area contributed by atoms with E-state index in [4.69, 9.17) is 0 Å². The summed E-state index contributed by atoms with van der Waals surface area (Å²) < 4.78 is 25.9. The molecule has 25 heavy (non-hydrogen) atoms. The van der Waals surface area contributed by atoms with Crippen LogP contribution in [0.15, 0.2) is 48.5 Å². The minimum absolute atomic E-state index is 0.350. The molecule has 1 atom stereocenters. The summed E-state index contributed by atoms with van der Waals surface area (Å²) in [5.41, 5.74) is 3.24. The van der Waals surface area contributed by atoms with Crippen molar-refractivity contribution in [2.45, 2.75) is 33.2 Å². The Morgan fingerprint density at radius 1 is 1.00 bits per heavy atom. The number of benzene rings is 2. The second-order valence-corrected chi connectivity index (χ2v) is 8.03. The number of hydrogen-bond donors (Lipinski definition) is 1. The molecule has 6 heteroatoms. The fourth-order valence-electron chi connectivity index (χ4n) is 2.61. The minimum Gasteiger partial charge on any atom is -0.324 e. The summed E-state index contributed by atoms with van der Waals surface area (Å²) in [6, 6.07) is 13.7. The van der Waals surface area contributed by atoms with Crippen molar-refractivity contribution in [1.82, 2.24) is 0 Å². The van der Waals surface area contributed by atoms with Gasteiger partial charge < -0.3 is 5.32 Å². The Hall–Kier alpha value is -2.34. The topological polar surface area (TPSA) is 66.5 Å². The van der Waals surface area contributed by atoms with E-state index in [1.54, 1.807) is 31.2 Å². The molecule has 0 fully saturated rings. The van der Waals surface area contributed by atoms with Crippen LogP contribution in [0.25, 0.3) is 0 Å². The highest BCUT2D eigenvalue weighted by atomic mass is 32.2. The van der Waals surface area contributed by atoms with Crippen LogP contribution in [0.1, 0.15) is 24.5 Å². The highest BCUT2D eigenvalue weighted by molar-refractivity contribution is 7.92. The van der Waals surface area contributed by atoms with Crippen LogP contribution in [0.4, 0.5) is 11.4 Å². The zero-order chi connectivity index (χ0) is 18.6. The van der Waals surface area contributed by atoms with Gasteiger partial charge in [0.25, 0.3) is 0 Å². The Morgan fingerprint density at radius 3 is 1.92 bits per heavy atom. The summed E-state index contributed by atoms with van der Waals surface area (Å²) >= 11 is 0. The van der Waals surface area contributed by atoms with Crippen molar-refractivity contribution < 1.29 is 13.2 Å². The van der Waals surface area contributed by atoms with Crippen molar-refractivity contribution in [3.63, 3.8) is 0 Å². The first kappa shape index (κ1) is 19.0. The number of carbonyl (C=O) groups is 1. The molecule has 0 saturated carbocycles. The number of amides is 1.